The molecule has 1 aromatic rings. The highest BCUT2D eigenvalue weighted by Gasteiger charge is 2.17. The van der Waals surface area contributed by atoms with Gasteiger partial charge in [-0.1, -0.05) is 13.8 Å². The fourth-order valence-corrected chi connectivity index (χ4v) is 2.12. The molecule has 0 saturated carbocycles. The van der Waals surface area contributed by atoms with E-state index in [-0.39, 0.29) is 5.54 Å². The molecule has 3 heteroatoms. The van der Waals surface area contributed by atoms with Gasteiger partial charge >= 0.3 is 0 Å². The quantitative estimate of drug-likeness (QED) is 0.833. The van der Waals surface area contributed by atoms with Crippen LogP contribution in [0.4, 0.5) is 0 Å². The lowest BCUT2D eigenvalue weighted by atomic mass is 10.0. The molecule has 0 spiro atoms. The molecule has 1 aromatic heterocycles. The van der Waals surface area contributed by atoms with Crippen molar-refractivity contribution in [2.45, 2.75) is 46.1 Å². The molecule has 0 saturated heterocycles. The van der Waals surface area contributed by atoms with Gasteiger partial charge in [-0.2, -0.15) is 0 Å². The second kappa shape index (κ2) is 4.41. The molecule has 0 aliphatic carbocycles. The van der Waals surface area contributed by atoms with Crippen molar-refractivity contribution in [3.63, 3.8) is 0 Å². The second-order valence-electron chi connectivity index (χ2n) is 4.78. The summed E-state index contributed by atoms with van der Waals surface area (Å²) < 4.78 is 0. The van der Waals surface area contributed by atoms with Gasteiger partial charge in [-0.15, -0.1) is 11.3 Å². The summed E-state index contributed by atoms with van der Waals surface area (Å²) in [5, 5.41) is 3.29. The Balaban J connectivity index is 2.60. The van der Waals surface area contributed by atoms with Crippen molar-refractivity contribution in [1.82, 2.24) is 4.98 Å². The molecule has 0 amide bonds. The molecule has 0 aliphatic heterocycles. The minimum atomic E-state index is -0.299. The van der Waals surface area contributed by atoms with Crippen LogP contribution in [0.15, 0.2) is 5.38 Å². The number of aryl methyl sites for hydroxylation is 1. The van der Waals surface area contributed by atoms with E-state index in [0.717, 1.165) is 18.0 Å². The van der Waals surface area contributed by atoms with Crippen LogP contribution in [-0.4, -0.2) is 4.98 Å². The first-order valence-electron chi connectivity index (χ1n) is 5.13. The van der Waals surface area contributed by atoms with Crippen molar-refractivity contribution in [2.75, 3.05) is 0 Å². The normalized spacial score (nSPS) is 12.4. The molecule has 0 aliphatic rings. The van der Waals surface area contributed by atoms with Crippen LogP contribution in [0.1, 0.15) is 44.8 Å². The van der Waals surface area contributed by atoms with Crippen LogP contribution in [-0.2, 0) is 12.0 Å². The lowest BCUT2D eigenvalue weighted by molar-refractivity contribution is 0.533. The minimum absolute atomic E-state index is 0.299. The fraction of sp³-hybridized carbons (Fsp3) is 0.727. The Morgan fingerprint density at radius 1 is 1.50 bits per heavy atom. The molecule has 0 bridgehead atoms. The van der Waals surface area contributed by atoms with Gasteiger partial charge in [-0.3, -0.25) is 0 Å². The van der Waals surface area contributed by atoms with Gasteiger partial charge < -0.3 is 5.73 Å². The van der Waals surface area contributed by atoms with Gasteiger partial charge in [0.05, 0.1) is 16.2 Å². The van der Waals surface area contributed by atoms with E-state index in [2.05, 4.69) is 24.2 Å². The maximum Gasteiger partial charge on any atom is 0.0929 e. The Morgan fingerprint density at radius 2 is 2.14 bits per heavy atom. The third-order valence-electron chi connectivity index (χ3n) is 2.15. The summed E-state index contributed by atoms with van der Waals surface area (Å²) in [6.45, 7) is 8.46. The monoisotopic (exact) mass is 212 g/mol. The lowest BCUT2D eigenvalue weighted by Crippen LogP contribution is -2.29. The Hall–Kier alpha value is -0.410. The van der Waals surface area contributed by atoms with Gasteiger partial charge in [0.25, 0.3) is 0 Å². The molecule has 0 atom stereocenters. The van der Waals surface area contributed by atoms with Crippen molar-refractivity contribution in [1.29, 1.82) is 0 Å². The average Bonchev–Trinajstić information content (AvgIpc) is 2.47. The van der Waals surface area contributed by atoms with E-state index in [0.29, 0.717) is 0 Å². The van der Waals surface area contributed by atoms with E-state index in [1.54, 1.807) is 11.3 Å². The Labute approximate surface area is 90.6 Å². The van der Waals surface area contributed by atoms with Crippen molar-refractivity contribution >= 4 is 11.3 Å². The number of thiazole rings is 1. The highest BCUT2D eigenvalue weighted by Crippen LogP contribution is 2.21. The topological polar surface area (TPSA) is 38.9 Å². The summed E-state index contributed by atoms with van der Waals surface area (Å²) >= 11 is 1.73. The third kappa shape index (κ3) is 3.39. The predicted octanol–water partition coefficient (Wildman–Crippen LogP) is 2.93. The van der Waals surface area contributed by atoms with Crippen LogP contribution < -0.4 is 5.73 Å². The molecule has 0 unspecified atom stereocenters. The van der Waals surface area contributed by atoms with Crippen LogP contribution in [0, 0.1) is 5.92 Å². The van der Waals surface area contributed by atoms with Gasteiger partial charge in [-0.25, -0.2) is 4.98 Å². The zero-order valence-corrected chi connectivity index (χ0v) is 10.3. The van der Waals surface area contributed by atoms with Gasteiger partial charge in [0.1, 0.15) is 0 Å². The highest BCUT2D eigenvalue weighted by molar-refractivity contribution is 7.09. The zero-order chi connectivity index (χ0) is 10.8. The first-order chi connectivity index (χ1) is 6.39. The molecule has 1 heterocycles. The molecule has 2 nitrogen and oxygen atoms in total. The predicted molar refractivity (Wildman–Crippen MR) is 62.5 cm³/mol. The maximum absolute atomic E-state index is 5.97. The van der Waals surface area contributed by atoms with Crippen molar-refractivity contribution < 1.29 is 0 Å². The smallest absolute Gasteiger partial charge is 0.0929 e. The summed E-state index contributed by atoms with van der Waals surface area (Å²) in [6, 6.07) is 0. The van der Waals surface area contributed by atoms with Crippen LogP contribution in [0.25, 0.3) is 0 Å². The highest BCUT2D eigenvalue weighted by atomic mass is 32.1. The van der Waals surface area contributed by atoms with Gasteiger partial charge in [-0.05, 0) is 32.6 Å². The molecule has 0 aromatic carbocycles. The lowest BCUT2D eigenvalue weighted by Gasteiger charge is -2.14. The number of hydrogen-bond donors (Lipinski definition) is 1. The van der Waals surface area contributed by atoms with Crippen molar-refractivity contribution in [2.24, 2.45) is 11.7 Å². The number of nitrogens with zero attached hydrogens (tertiary/aromatic N) is 1. The van der Waals surface area contributed by atoms with Crippen molar-refractivity contribution in [3.8, 4) is 0 Å². The van der Waals surface area contributed by atoms with Crippen LogP contribution in [0.3, 0.4) is 0 Å². The molecule has 0 radical (unpaired) electrons. The molecular weight excluding hydrogens is 192 g/mol. The summed E-state index contributed by atoms with van der Waals surface area (Å²) in [5.74, 6) is 0.744. The van der Waals surface area contributed by atoms with E-state index >= 15 is 0 Å². The third-order valence-corrected chi connectivity index (χ3v) is 3.06. The van der Waals surface area contributed by atoms with Crippen LogP contribution in [0.2, 0.25) is 0 Å². The van der Waals surface area contributed by atoms with Gasteiger partial charge in [0, 0.05) is 5.38 Å². The Kier molecular flexibility index (Phi) is 3.67. The zero-order valence-electron chi connectivity index (χ0n) is 9.50. The van der Waals surface area contributed by atoms with Crippen LogP contribution in [0.5, 0.6) is 0 Å². The molecule has 80 valence electrons. The summed E-state index contributed by atoms with van der Waals surface area (Å²) in [5.41, 5.74) is 6.69. The standard InChI is InChI=1S/C11H20N2S/c1-8(2)5-6-10-13-9(7-14-10)11(3,4)12/h7-8H,5-6,12H2,1-4H3. The van der Waals surface area contributed by atoms with Crippen LogP contribution >= 0.6 is 11.3 Å². The Bertz CT molecular complexity index is 284. The van der Waals surface area contributed by atoms with E-state index in [9.17, 15) is 0 Å². The van der Waals surface area contributed by atoms with E-state index < -0.39 is 0 Å². The fourth-order valence-electron chi connectivity index (χ4n) is 1.13. The summed E-state index contributed by atoms with van der Waals surface area (Å²) in [6.07, 6.45) is 2.29. The number of rotatable bonds is 4. The van der Waals surface area contributed by atoms with Gasteiger partial charge in [0.15, 0.2) is 0 Å². The van der Waals surface area contributed by atoms with Crippen molar-refractivity contribution in [3.05, 3.63) is 16.1 Å². The summed E-state index contributed by atoms with van der Waals surface area (Å²) in [7, 11) is 0. The number of hydrogen-bond acceptors (Lipinski definition) is 3. The Morgan fingerprint density at radius 3 is 2.57 bits per heavy atom. The maximum atomic E-state index is 5.97. The first kappa shape index (κ1) is 11.7. The second-order valence-corrected chi connectivity index (χ2v) is 5.72. The van der Waals surface area contributed by atoms with E-state index in [1.807, 2.05) is 13.8 Å². The average molecular weight is 212 g/mol. The molecule has 0 fully saturated rings. The molecule has 1 rings (SSSR count). The SMILES string of the molecule is CC(C)CCc1nc(C(C)(C)N)cs1. The van der Waals surface area contributed by atoms with E-state index in [4.69, 9.17) is 5.73 Å². The molecule has 14 heavy (non-hydrogen) atoms. The first-order valence-corrected chi connectivity index (χ1v) is 6.01. The minimum Gasteiger partial charge on any atom is -0.321 e. The number of aromatic nitrogens is 1. The van der Waals surface area contributed by atoms with Gasteiger partial charge in [0.2, 0.25) is 0 Å². The molecular formula is C11H20N2S. The largest absolute Gasteiger partial charge is 0.321 e. The number of nitrogens with two attached hydrogens (primary N) is 1. The molecule has 2 N–H and O–H groups in total. The summed E-state index contributed by atoms with van der Waals surface area (Å²) in [4.78, 5) is 4.55. The van der Waals surface area contributed by atoms with E-state index in [1.165, 1.54) is 11.4 Å².